The molecular formula is C12H10INO. The van der Waals surface area contributed by atoms with Crippen LogP contribution in [0.3, 0.4) is 0 Å². The lowest BCUT2D eigenvalue weighted by Gasteiger charge is -2.08. The standard InChI is InChI=1S/C12H10INO/c13-11-8-4-5-9-12(11)15-14-10-6-2-1-3-7-10/h1-9,14H. The van der Waals surface area contributed by atoms with Crippen LogP contribution in [0.5, 0.6) is 5.75 Å². The largest absolute Gasteiger partial charge is 0.381 e. The molecule has 15 heavy (non-hydrogen) atoms. The Bertz CT molecular complexity index is 431. The minimum atomic E-state index is 0.835. The maximum absolute atomic E-state index is 5.47. The van der Waals surface area contributed by atoms with Crippen molar-refractivity contribution >= 4 is 28.3 Å². The third-order valence-corrected chi connectivity index (χ3v) is 2.78. The number of anilines is 1. The number of rotatable bonds is 3. The average molecular weight is 311 g/mol. The fourth-order valence-electron chi connectivity index (χ4n) is 1.15. The minimum absolute atomic E-state index is 0.835. The molecular weight excluding hydrogens is 301 g/mol. The molecule has 1 N–H and O–H groups in total. The predicted octanol–water partition coefficient (Wildman–Crippen LogP) is 3.70. The fourth-order valence-corrected chi connectivity index (χ4v) is 1.65. The number of hydrogen-bond acceptors (Lipinski definition) is 2. The molecule has 76 valence electrons. The van der Waals surface area contributed by atoms with Gasteiger partial charge in [-0.25, -0.2) is 5.48 Å². The highest BCUT2D eigenvalue weighted by Crippen LogP contribution is 2.20. The number of benzene rings is 2. The SMILES string of the molecule is Ic1ccccc1ONc1ccccc1. The molecule has 0 saturated carbocycles. The van der Waals surface area contributed by atoms with E-state index in [4.69, 9.17) is 4.84 Å². The third kappa shape index (κ3) is 2.86. The van der Waals surface area contributed by atoms with E-state index in [1.807, 2.05) is 54.6 Å². The molecule has 0 spiro atoms. The van der Waals surface area contributed by atoms with Crippen LogP contribution in [-0.4, -0.2) is 0 Å². The van der Waals surface area contributed by atoms with Gasteiger partial charge >= 0.3 is 0 Å². The molecule has 3 heteroatoms. The van der Waals surface area contributed by atoms with E-state index in [0.29, 0.717) is 0 Å². The van der Waals surface area contributed by atoms with Crippen LogP contribution >= 0.6 is 22.6 Å². The summed E-state index contributed by atoms with van der Waals surface area (Å²) in [6.07, 6.45) is 0. The van der Waals surface area contributed by atoms with Gasteiger partial charge in [0.05, 0.1) is 9.26 Å². The lowest BCUT2D eigenvalue weighted by atomic mass is 10.3. The first kappa shape index (κ1) is 10.3. The van der Waals surface area contributed by atoms with Crippen molar-refractivity contribution < 1.29 is 4.84 Å². The van der Waals surface area contributed by atoms with Crippen LogP contribution in [0.25, 0.3) is 0 Å². The van der Waals surface area contributed by atoms with E-state index >= 15 is 0 Å². The minimum Gasteiger partial charge on any atom is -0.381 e. The van der Waals surface area contributed by atoms with Crippen LogP contribution in [0.1, 0.15) is 0 Å². The Morgan fingerprint density at radius 1 is 0.867 bits per heavy atom. The molecule has 0 atom stereocenters. The van der Waals surface area contributed by atoms with Crippen LogP contribution in [0.15, 0.2) is 54.6 Å². The van der Waals surface area contributed by atoms with Gasteiger partial charge in [0.1, 0.15) is 0 Å². The van der Waals surface area contributed by atoms with Gasteiger partial charge in [-0.3, -0.25) is 0 Å². The van der Waals surface area contributed by atoms with Crippen LogP contribution in [0.4, 0.5) is 5.69 Å². The zero-order valence-corrected chi connectivity index (χ0v) is 10.1. The van der Waals surface area contributed by atoms with Gasteiger partial charge in [0.15, 0.2) is 5.75 Å². The van der Waals surface area contributed by atoms with Crippen LogP contribution in [0.2, 0.25) is 0 Å². The van der Waals surface area contributed by atoms with Crippen molar-refractivity contribution in [3.05, 3.63) is 58.2 Å². The summed E-state index contributed by atoms with van der Waals surface area (Å²) in [5.41, 5.74) is 3.84. The number of hydrogen-bond donors (Lipinski definition) is 1. The maximum atomic E-state index is 5.47. The molecule has 0 heterocycles. The lowest BCUT2D eigenvalue weighted by Crippen LogP contribution is -2.05. The molecule has 2 rings (SSSR count). The van der Waals surface area contributed by atoms with Crippen LogP contribution in [0, 0.1) is 3.57 Å². The van der Waals surface area contributed by atoms with Gasteiger partial charge in [-0.2, -0.15) is 0 Å². The van der Waals surface area contributed by atoms with Crippen molar-refractivity contribution in [1.82, 2.24) is 0 Å². The highest BCUT2D eigenvalue weighted by atomic mass is 127. The number of halogens is 1. The molecule has 0 aliphatic heterocycles. The van der Waals surface area contributed by atoms with Gasteiger partial charge in [-0.15, -0.1) is 0 Å². The molecule has 0 bridgehead atoms. The molecule has 2 nitrogen and oxygen atoms in total. The number of para-hydroxylation sites is 2. The van der Waals surface area contributed by atoms with Crippen molar-refractivity contribution in [2.45, 2.75) is 0 Å². The normalized spacial score (nSPS) is 9.67. The average Bonchev–Trinajstić information content (AvgIpc) is 2.29. The monoisotopic (exact) mass is 311 g/mol. The Hall–Kier alpha value is -1.23. The van der Waals surface area contributed by atoms with Gasteiger partial charge in [-0.1, -0.05) is 30.3 Å². The summed E-state index contributed by atoms with van der Waals surface area (Å²) in [5.74, 6) is 0.835. The van der Waals surface area contributed by atoms with E-state index in [2.05, 4.69) is 28.1 Å². The number of nitrogens with one attached hydrogen (secondary N) is 1. The first-order valence-electron chi connectivity index (χ1n) is 4.59. The lowest BCUT2D eigenvalue weighted by molar-refractivity contribution is 0.402. The maximum Gasteiger partial charge on any atom is 0.168 e. The zero-order valence-electron chi connectivity index (χ0n) is 7.98. The zero-order chi connectivity index (χ0) is 10.5. The molecule has 0 amide bonds. The molecule has 0 radical (unpaired) electrons. The summed E-state index contributed by atoms with van der Waals surface area (Å²) < 4.78 is 1.08. The van der Waals surface area contributed by atoms with Crippen LogP contribution < -0.4 is 10.3 Å². The van der Waals surface area contributed by atoms with Gasteiger partial charge in [0.25, 0.3) is 0 Å². The van der Waals surface area contributed by atoms with E-state index in [0.717, 1.165) is 15.0 Å². The summed E-state index contributed by atoms with van der Waals surface area (Å²) in [4.78, 5) is 5.47. The molecule has 2 aromatic carbocycles. The van der Waals surface area contributed by atoms with E-state index in [1.54, 1.807) is 0 Å². The van der Waals surface area contributed by atoms with E-state index < -0.39 is 0 Å². The van der Waals surface area contributed by atoms with Gasteiger partial charge in [0, 0.05) is 0 Å². The molecule has 0 aliphatic rings. The van der Waals surface area contributed by atoms with Gasteiger partial charge < -0.3 is 4.84 Å². The topological polar surface area (TPSA) is 21.3 Å². The van der Waals surface area contributed by atoms with Crippen LogP contribution in [-0.2, 0) is 0 Å². The van der Waals surface area contributed by atoms with Gasteiger partial charge in [0.2, 0.25) is 0 Å². The Morgan fingerprint density at radius 2 is 1.53 bits per heavy atom. The van der Waals surface area contributed by atoms with Crippen molar-refractivity contribution in [2.75, 3.05) is 5.48 Å². The summed E-state index contributed by atoms with van der Waals surface area (Å²) in [5, 5.41) is 0. The molecule has 0 fully saturated rings. The molecule has 2 aromatic rings. The summed E-state index contributed by atoms with van der Waals surface area (Å²) in [6, 6.07) is 17.7. The van der Waals surface area contributed by atoms with Crippen molar-refractivity contribution in [3.63, 3.8) is 0 Å². The van der Waals surface area contributed by atoms with Crippen molar-refractivity contribution in [3.8, 4) is 5.75 Å². The quantitative estimate of drug-likeness (QED) is 0.689. The van der Waals surface area contributed by atoms with Crippen molar-refractivity contribution in [1.29, 1.82) is 0 Å². The Balaban J connectivity index is 2.03. The van der Waals surface area contributed by atoms with Gasteiger partial charge in [-0.05, 0) is 46.9 Å². The molecule has 0 unspecified atom stereocenters. The Kier molecular flexibility index (Phi) is 3.45. The first-order valence-corrected chi connectivity index (χ1v) is 5.66. The highest BCUT2D eigenvalue weighted by Gasteiger charge is 1.98. The fraction of sp³-hybridized carbons (Fsp3) is 0. The Morgan fingerprint density at radius 3 is 2.27 bits per heavy atom. The van der Waals surface area contributed by atoms with E-state index in [-0.39, 0.29) is 0 Å². The molecule has 0 saturated heterocycles. The molecule has 0 aliphatic carbocycles. The molecule has 0 aromatic heterocycles. The van der Waals surface area contributed by atoms with E-state index in [1.165, 1.54) is 0 Å². The van der Waals surface area contributed by atoms with E-state index in [9.17, 15) is 0 Å². The summed E-state index contributed by atoms with van der Waals surface area (Å²) >= 11 is 2.24. The van der Waals surface area contributed by atoms with Crippen molar-refractivity contribution in [2.24, 2.45) is 0 Å². The second-order valence-corrected chi connectivity index (χ2v) is 4.16. The smallest absolute Gasteiger partial charge is 0.168 e. The summed E-state index contributed by atoms with van der Waals surface area (Å²) in [6.45, 7) is 0. The second kappa shape index (κ2) is 5.02. The Labute approximate surface area is 102 Å². The summed E-state index contributed by atoms with van der Waals surface area (Å²) in [7, 11) is 0. The highest BCUT2D eigenvalue weighted by molar-refractivity contribution is 14.1. The second-order valence-electron chi connectivity index (χ2n) is 3.00. The first-order chi connectivity index (χ1) is 7.36. The third-order valence-electron chi connectivity index (χ3n) is 1.89. The predicted molar refractivity (Wildman–Crippen MR) is 69.9 cm³/mol.